The maximum Gasteiger partial charge on any atom is 0.258 e. The van der Waals surface area contributed by atoms with E-state index in [2.05, 4.69) is 6.58 Å². The van der Waals surface area contributed by atoms with E-state index in [0.29, 0.717) is 5.56 Å². The van der Waals surface area contributed by atoms with Gasteiger partial charge < -0.3 is 5.11 Å². The van der Waals surface area contributed by atoms with E-state index in [0.717, 1.165) is 4.90 Å². The minimum absolute atomic E-state index is 0.0280. The summed E-state index contributed by atoms with van der Waals surface area (Å²) in [4.78, 5) is 51.8. The van der Waals surface area contributed by atoms with E-state index in [1.807, 2.05) is 0 Å². The summed E-state index contributed by atoms with van der Waals surface area (Å²) < 4.78 is 73.3. The number of fused-ring (bicyclic) bond motifs is 4. The van der Waals surface area contributed by atoms with E-state index >= 15 is 8.78 Å². The maximum absolute atomic E-state index is 15.2. The molecule has 6 unspecified atom stereocenters. The third-order valence-electron chi connectivity index (χ3n) is 10.1. The zero-order valence-electron chi connectivity index (χ0n) is 25.0. The number of imide groups is 2. The van der Waals surface area contributed by atoms with Gasteiger partial charge in [-0.2, -0.15) is 0 Å². The molecule has 6 atom stereocenters. The Hall–Kier alpha value is -4.55. The summed E-state index contributed by atoms with van der Waals surface area (Å²) in [5.74, 6) is -21.9. The normalized spacial score (nSPS) is 29.2. The number of allylic oxidation sites excluding steroid dienone is 3. The van der Waals surface area contributed by atoms with Gasteiger partial charge in [0.25, 0.3) is 11.8 Å². The van der Waals surface area contributed by atoms with Crippen molar-refractivity contribution >= 4 is 58.2 Å². The number of amides is 4. The third kappa shape index (κ3) is 4.19. The Bertz CT molecular complexity index is 2030. The molecule has 49 heavy (non-hydrogen) atoms. The highest BCUT2D eigenvalue weighted by atomic mass is 35.5. The molecular formula is C35H23Cl2F5N2O5. The number of phenols is 1. The quantitative estimate of drug-likeness (QED) is 0.0804. The molecular weight excluding hydrogens is 694 g/mol. The first-order valence-electron chi connectivity index (χ1n) is 15.0. The third-order valence-corrected chi connectivity index (χ3v) is 11.5. The molecule has 1 saturated carbocycles. The zero-order chi connectivity index (χ0) is 35.3. The Morgan fingerprint density at radius 2 is 1.45 bits per heavy atom. The van der Waals surface area contributed by atoms with Crippen LogP contribution in [0.1, 0.15) is 29.9 Å². The summed E-state index contributed by atoms with van der Waals surface area (Å²) in [5.41, 5.74) is -1.12. The smallest absolute Gasteiger partial charge is 0.258 e. The first-order valence-corrected chi connectivity index (χ1v) is 15.8. The standard InChI is InChI=1S/C35H23Cl2F5N2O5/c1-2-7-15-8-6-11-19(29(15)45)22-17-12-13-18-21(31(47)43(30(18)46)16-9-4-3-5-10-16)20(17)14-34(36)32(48)44(33(49)35(22,34)37)28-26(41)24(39)23(38)25(40)27(28)42/h2-6,8-12,18,20-22,45H,1,7,13-14H2. The van der Waals surface area contributed by atoms with Crippen LogP contribution in [0, 0.1) is 46.8 Å². The van der Waals surface area contributed by atoms with Crippen molar-refractivity contribution in [3.8, 4) is 5.75 Å². The monoisotopic (exact) mass is 716 g/mol. The summed E-state index contributed by atoms with van der Waals surface area (Å²) in [6.45, 7) is 3.66. The number of alkyl halides is 2. The molecule has 3 aromatic rings. The van der Waals surface area contributed by atoms with Gasteiger partial charge in [0.05, 0.1) is 17.5 Å². The second-order valence-corrected chi connectivity index (χ2v) is 13.6. The number of nitrogens with zero attached hydrogens (tertiary/aromatic N) is 2. The van der Waals surface area contributed by atoms with Crippen LogP contribution in [0.3, 0.4) is 0 Å². The van der Waals surface area contributed by atoms with Crippen molar-refractivity contribution in [2.24, 2.45) is 17.8 Å². The lowest BCUT2D eigenvalue weighted by molar-refractivity contribution is -0.125. The molecule has 4 amide bonds. The molecule has 4 aliphatic rings. The van der Waals surface area contributed by atoms with E-state index in [9.17, 15) is 37.5 Å². The Kier molecular flexibility index (Phi) is 7.57. The number of para-hydroxylation sites is 2. The molecule has 2 saturated heterocycles. The lowest BCUT2D eigenvalue weighted by atomic mass is 9.56. The van der Waals surface area contributed by atoms with Crippen molar-refractivity contribution in [3.05, 3.63) is 113 Å². The topological polar surface area (TPSA) is 95.0 Å². The van der Waals surface area contributed by atoms with Gasteiger partial charge >= 0.3 is 0 Å². The van der Waals surface area contributed by atoms with Crippen molar-refractivity contribution < 1.29 is 46.2 Å². The fourth-order valence-corrected chi connectivity index (χ4v) is 8.83. The summed E-state index contributed by atoms with van der Waals surface area (Å²) in [6, 6.07) is 12.5. The number of carbonyl (C=O) groups excluding carboxylic acids is 4. The predicted octanol–water partition coefficient (Wildman–Crippen LogP) is 6.58. The highest BCUT2D eigenvalue weighted by molar-refractivity contribution is 6.58. The largest absolute Gasteiger partial charge is 0.507 e. The number of hydrogen-bond donors (Lipinski definition) is 1. The number of rotatable bonds is 5. The molecule has 2 aliphatic carbocycles. The minimum Gasteiger partial charge on any atom is -0.507 e. The summed E-state index contributed by atoms with van der Waals surface area (Å²) in [5, 5.41) is 11.5. The first-order chi connectivity index (χ1) is 23.2. The van der Waals surface area contributed by atoms with Crippen molar-refractivity contribution in [3.63, 3.8) is 0 Å². The van der Waals surface area contributed by atoms with Gasteiger partial charge in [-0.3, -0.25) is 24.1 Å². The molecule has 0 bridgehead atoms. The molecule has 0 radical (unpaired) electrons. The van der Waals surface area contributed by atoms with Crippen LogP contribution in [-0.4, -0.2) is 38.5 Å². The molecule has 252 valence electrons. The molecule has 7 nitrogen and oxygen atoms in total. The van der Waals surface area contributed by atoms with Crippen molar-refractivity contribution in [2.45, 2.75) is 34.9 Å². The van der Waals surface area contributed by atoms with Gasteiger partial charge in [0.15, 0.2) is 33.0 Å². The van der Waals surface area contributed by atoms with Crippen molar-refractivity contribution in [1.29, 1.82) is 0 Å². The number of aromatic hydroxyl groups is 1. The van der Waals surface area contributed by atoms with E-state index in [4.69, 9.17) is 23.2 Å². The van der Waals surface area contributed by atoms with E-state index < -0.39 is 104 Å². The van der Waals surface area contributed by atoms with Crippen LogP contribution >= 0.6 is 23.2 Å². The van der Waals surface area contributed by atoms with Crippen LogP contribution in [0.25, 0.3) is 0 Å². The molecule has 3 aromatic carbocycles. The number of carbonyl (C=O) groups is 4. The van der Waals surface area contributed by atoms with Gasteiger partial charge in [0.2, 0.25) is 17.6 Å². The Labute approximate surface area is 285 Å². The van der Waals surface area contributed by atoms with Crippen molar-refractivity contribution in [2.75, 3.05) is 9.80 Å². The average Bonchev–Trinajstić information content (AvgIpc) is 3.43. The number of benzene rings is 3. The second kappa shape index (κ2) is 11.2. The van der Waals surface area contributed by atoms with Gasteiger partial charge in [-0.15, -0.1) is 29.8 Å². The molecule has 2 aliphatic heterocycles. The number of anilines is 2. The van der Waals surface area contributed by atoms with Crippen LogP contribution in [0.5, 0.6) is 5.75 Å². The van der Waals surface area contributed by atoms with Gasteiger partial charge in [0.1, 0.15) is 11.4 Å². The van der Waals surface area contributed by atoms with E-state index in [-0.39, 0.29) is 34.6 Å². The SMILES string of the molecule is C=CCc1cccc(C2C3=CCC4C(=O)N(c5ccccc5)C(=O)C4C3CC3(Cl)C(=O)N(c4c(F)c(F)c(F)c(F)c4F)C(=O)C23Cl)c1O. The van der Waals surface area contributed by atoms with E-state index in [1.165, 1.54) is 18.2 Å². The van der Waals surface area contributed by atoms with Crippen molar-refractivity contribution in [1.82, 2.24) is 0 Å². The van der Waals surface area contributed by atoms with Crippen LogP contribution in [-0.2, 0) is 25.6 Å². The fraction of sp³-hybridized carbons (Fsp3) is 0.257. The fourth-order valence-electron chi connectivity index (χ4n) is 7.91. The maximum atomic E-state index is 15.2. The molecule has 1 N–H and O–H groups in total. The molecule has 7 rings (SSSR count). The zero-order valence-corrected chi connectivity index (χ0v) is 26.5. The number of halogens is 7. The Morgan fingerprint density at radius 3 is 2.08 bits per heavy atom. The molecule has 2 heterocycles. The Balaban J connectivity index is 1.46. The minimum atomic E-state index is -2.74. The molecule has 0 aromatic heterocycles. The molecule has 3 fully saturated rings. The van der Waals surface area contributed by atoms with Gasteiger partial charge in [-0.05, 0) is 42.9 Å². The predicted molar refractivity (Wildman–Crippen MR) is 167 cm³/mol. The summed E-state index contributed by atoms with van der Waals surface area (Å²) in [7, 11) is 0. The van der Waals surface area contributed by atoms with Crippen LogP contribution in [0.15, 0.2) is 72.8 Å². The highest BCUT2D eigenvalue weighted by Gasteiger charge is 2.77. The average molecular weight is 717 g/mol. The first kappa shape index (κ1) is 33.0. The van der Waals surface area contributed by atoms with Gasteiger partial charge in [0, 0.05) is 11.5 Å². The van der Waals surface area contributed by atoms with E-state index in [1.54, 1.807) is 42.5 Å². The number of phenolic OH excluding ortho intramolecular Hbond substituents is 1. The second-order valence-electron chi connectivity index (χ2n) is 12.4. The summed E-state index contributed by atoms with van der Waals surface area (Å²) in [6.07, 6.45) is 2.50. The summed E-state index contributed by atoms with van der Waals surface area (Å²) >= 11 is 14.3. The lowest BCUT2D eigenvalue weighted by Gasteiger charge is -2.50. The van der Waals surface area contributed by atoms with Gasteiger partial charge in [-0.25, -0.2) is 26.9 Å². The molecule has 0 spiro atoms. The highest BCUT2D eigenvalue weighted by Crippen LogP contribution is 2.67. The van der Waals surface area contributed by atoms with Crippen LogP contribution < -0.4 is 9.80 Å². The molecule has 14 heteroatoms. The van der Waals surface area contributed by atoms with Crippen LogP contribution in [0.2, 0.25) is 0 Å². The van der Waals surface area contributed by atoms with Crippen LogP contribution in [0.4, 0.5) is 33.3 Å². The lowest BCUT2D eigenvalue weighted by Crippen LogP contribution is -2.60. The van der Waals surface area contributed by atoms with Gasteiger partial charge in [-0.1, -0.05) is 54.1 Å². The number of hydrogen-bond acceptors (Lipinski definition) is 5. The Morgan fingerprint density at radius 1 is 0.816 bits per heavy atom.